The summed E-state index contributed by atoms with van der Waals surface area (Å²) in [6.07, 6.45) is 0. The average Bonchev–Trinajstić information content (AvgIpc) is 2.09. The standard InChI is InChI=1S/C7H12ClN5/c1-4-12-6(8)5(10)7(13-4)11-3-2-9/h2-3,9-10H2,1H3,(H,11,12,13). The lowest BCUT2D eigenvalue weighted by Gasteiger charge is -2.08. The summed E-state index contributed by atoms with van der Waals surface area (Å²) in [5, 5.41) is 3.23. The molecule has 0 saturated carbocycles. The van der Waals surface area contributed by atoms with Crippen LogP contribution in [0.5, 0.6) is 0 Å². The highest BCUT2D eigenvalue weighted by Gasteiger charge is 2.06. The quantitative estimate of drug-likeness (QED) is 0.616. The summed E-state index contributed by atoms with van der Waals surface area (Å²) in [6, 6.07) is 0. The first-order valence-electron chi connectivity index (χ1n) is 3.88. The lowest BCUT2D eigenvalue weighted by molar-refractivity contribution is 0.988. The summed E-state index contributed by atoms with van der Waals surface area (Å²) in [7, 11) is 0. The second-order valence-corrected chi connectivity index (χ2v) is 2.90. The Balaban J connectivity index is 2.92. The fourth-order valence-corrected chi connectivity index (χ4v) is 1.08. The summed E-state index contributed by atoms with van der Waals surface area (Å²) < 4.78 is 0. The van der Waals surface area contributed by atoms with Gasteiger partial charge in [0.2, 0.25) is 0 Å². The van der Waals surface area contributed by atoms with Crippen molar-refractivity contribution in [2.45, 2.75) is 6.92 Å². The highest BCUT2D eigenvalue weighted by Crippen LogP contribution is 2.22. The molecule has 5 N–H and O–H groups in total. The molecule has 1 rings (SSSR count). The molecule has 0 saturated heterocycles. The van der Waals surface area contributed by atoms with Crippen LogP contribution in [0, 0.1) is 6.92 Å². The zero-order valence-corrected chi connectivity index (χ0v) is 8.10. The third-order valence-electron chi connectivity index (χ3n) is 1.45. The van der Waals surface area contributed by atoms with E-state index < -0.39 is 0 Å². The monoisotopic (exact) mass is 201 g/mol. The van der Waals surface area contributed by atoms with E-state index in [9.17, 15) is 0 Å². The molecule has 5 nitrogen and oxygen atoms in total. The Labute approximate surface area is 81.5 Å². The van der Waals surface area contributed by atoms with Crippen molar-refractivity contribution in [3.63, 3.8) is 0 Å². The molecule has 0 aliphatic heterocycles. The molecule has 0 atom stereocenters. The first-order chi connectivity index (χ1) is 6.15. The second-order valence-electron chi connectivity index (χ2n) is 2.54. The predicted octanol–water partition coefficient (Wildman–Crippen LogP) is 0.391. The van der Waals surface area contributed by atoms with E-state index in [0.29, 0.717) is 30.4 Å². The van der Waals surface area contributed by atoms with Crippen molar-refractivity contribution in [1.29, 1.82) is 0 Å². The molecular formula is C7H12ClN5. The van der Waals surface area contributed by atoms with Gasteiger partial charge in [0.25, 0.3) is 0 Å². The number of anilines is 2. The number of nitrogens with two attached hydrogens (primary N) is 2. The normalized spacial score (nSPS) is 10.1. The van der Waals surface area contributed by atoms with Crippen LogP contribution in [0.4, 0.5) is 11.5 Å². The van der Waals surface area contributed by atoms with Crippen molar-refractivity contribution in [3.8, 4) is 0 Å². The van der Waals surface area contributed by atoms with Gasteiger partial charge in [-0.3, -0.25) is 0 Å². The van der Waals surface area contributed by atoms with E-state index in [1.54, 1.807) is 6.92 Å². The lowest BCUT2D eigenvalue weighted by atomic mass is 10.4. The number of aryl methyl sites for hydroxylation is 1. The summed E-state index contributed by atoms with van der Waals surface area (Å²) >= 11 is 5.75. The lowest BCUT2D eigenvalue weighted by Crippen LogP contribution is -2.15. The van der Waals surface area contributed by atoms with Crippen LogP contribution in [0.3, 0.4) is 0 Å². The Morgan fingerprint density at radius 2 is 2.15 bits per heavy atom. The molecule has 0 amide bonds. The van der Waals surface area contributed by atoms with Crippen molar-refractivity contribution < 1.29 is 0 Å². The van der Waals surface area contributed by atoms with Crippen LogP contribution < -0.4 is 16.8 Å². The zero-order chi connectivity index (χ0) is 9.84. The van der Waals surface area contributed by atoms with E-state index in [1.165, 1.54) is 0 Å². The second kappa shape index (κ2) is 4.25. The summed E-state index contributed by atoms with van der Waals surface area (Å²) in [5.41, 5.74) is 11.3. The molecule has 72 valence electrons. The van der Waals surface area contributed by atoms with Crippen molar-refractivity contribution in [2.24, 2.45) is 5.73 Å². The highest BCUT2D eigenvalue weighted by atomic mass is 35.5. The van der Waals surface area contributed by atoms with Crippen LogP contribution in [0.1, 0.15) is 5.82 Å². The van der Waals surface area contributed by atoms with Crippen LogP contribution >= 0.6 is 11.6 Å². The summed E-state index contributed by atoms with van der Waals surface area (Å²) in [6.45, 7) is 2.87. The number of hydrogen-bond acceptors (Lipinski definition) is 5. The van der Waals surface area contributed by atoms with Gasteiger partial charge in [-0.15, -0.1) is 0 Å². The molecule has 1 aromatic heterocycles. The number of nitrogen functional groups attached to an aromatic ring is 1. The van der Waals surface area contributed by atoms with Gasteiger partial charge in [-0.25, -0.2) is 9.97 Å². The van der Waals surface area contributed by atoms with Crippen molar-refractivity contribution in [2.75, 3.05) is 24.1 Å². The minimum absolute atomic E-state index is 0.270. The number of nitrogens with zero attached hydrogens (tertiary/aromatic N) is 2. The van der Waals surface area contributed by atoms with Gasteiger partial charge in [-0.1, -0.05) is 11.6 Å². The molecule has 0 spiro atoms. The maximum Gasteiger partial charge on any atom is 0.157 e. The Morgan fingerprint density at radius 1 is 1.46 bits per heavy atom. The first-order valence-corrected chi connectivity index (χ1v) is 4.26. The summed E-state index contributed by atoms with van der Waals surface area (Å²) in [4.78, 5) is 7.98. The molecular weight excluding hydrogens is 190 g/mol. The van der Waals surface area contributed by atoms with Crippen molar-refractivity contribution in [3.05, 3.63) is 11.0 Å². The van der Waals surface area contributed by atoms with Gasteiger partial charge in [0, 0.05) is 13.1 Å². The Kier molecular flexibility index (Phi) is 3.27. The van der Waals surface area contributed by atoms with Crippen molar-refractivity contribution >= 4 is 23.1 Å². The predicted molar refractivity (Wildman–Crippen MR) is 53.7 cm³/mol. The number of aromatic nitrogens is 2. The molecule has 0 radical (unpaired) electrons. The van der Waals surface area contributed by atoms with E-state index in [4.69, 9.17) is 23.1 Å². The molecule has 1 aromatic rings. The highest BCUT2D eigenvalue weighted by molar-refractivity contribution is 6.32. The van der Waals surface area contributed by atoms with Crippen LogP contribution in [0.15, 0.2) is 0 Å². The van der Waals surface area contributed by atoms with Gasteiger partial charge in [0.1, 0.15) is 11.5 Å². The Bertz CT molecular complexity index is 301. The molecule has 6 heteroatoms. The topological polar surface area (TPSA) is 89.8 Å². The SMILES string of the molecule is Cc1nc(Cl)c(N)c(NCCN)n1. The maximum absolute atomic E-state index is 5.75. The van der Waals surface area contributed by atoms with Gasteiger partial charge < -0.3 is 16.8 Å². The number of hydrogen-bond donors (Lipinski definition) is 3. The minimum Gasteiger partial charge on any atom is -0.393 e. The van der Waals surface area contributed by atoms with E-state index in [1.807, 2.05) is 0 Å². The molecule has 0 aliphatic rings. The van der Waals surface area contributed by atoms with Gasteiger partial charge in [0.05, 0.1) is 0 Å². The third kappa shape index (κ3) is 2.43. The number of rotatable bonds is 3. The van der Waals surface area contributed by atoms with Gasteiger partial charge in [-0.05, 0) is 6.92 Å². The van der Waals surface area contributed by atoms with E-state index in [0.717, 1.165) is 0 Å². The molecule has 0 aromatic carbocycles. The molecule has 0 fully saturated rings. The zero-order valence-electron chi connectivity index (χ0n) is 7.34. The number of halogens is 1. The fraction of sp³-hybridized carbons (Fsp3) is 0.429. The molecule has 0 bridgehead atoms. The molecule has 0 aliphatic carbocycles. The van der Waals surface area contributed by atoms with Gasteiger partial charge in [0.15, 0.2) is 11.0 Å². The smallest absolute Gasteiger partial charge is 0.157 e. The van der Waals surface area contributed by atoms with E-state index in [2.05, 4.69) is 15.3 Å². The van der Waals surface area contributed by atoms with E-state index >= 15 is 0 Å². The molecule has 1 heterocycles. The average molecular weight is 202 g/mol. The van der Waals surface area contributed by atoms with Crippen LogP contribution in [-0.2, 0) is 0 Å². The third-order valence-corrected chi connectivity index (χ3v) is 1.74. The minimum atomic E-state index is 0.270. The van der Waals surface area contributed by atoms with Gasteiger partial charge in [-0.2, -0.15) is 0 Å². The fourth-order valence-electron chi connectivity index (χ4n) is 0.872. The number of nitrogens with one attached hydrogen (secondary N) is 1. The van der Waals surface area contributed by atoms with E-state index in [-0.39, 0.29) is 5.15 Å². The van der Waals surface area contributed by atoms with Crippen molar-refractivity contribution in [1.82, 2.24) is 9.97 Å². The van der Waals surface area contributed by atoms with Crippen LogP contribution in [0.2, 0.25) is 5.15 Å². The largest absolute Gasteiger partial charge is 0.393 e. The Hall–Kier alpha value is -1.07. The molecule has 0 unspecified atom stereocenters. The van der Waals surface area contributed by atoms with Crippen LogP contribution in [0.25, 0.3) is 0 Å². The Morgan fingerprint density at radius 3 is 2.77 bits per heavy atom. The van der Waals surface area contributed by atoms with Crippen LogP contribution in [-0.4, -0.2) is 23.1 Å². The van der Waals surface area contributed by atoms with Gasteiger partial charge >= 0.3 is 0 Å². The summed E-state index contributed by atoms with van der Waals surface area (Å²) in [5.74, 6) is 1.13. The maximum atomic E-state index is 5.75. The first kappa shape index (κ1) is 10.0. The molecule has 13 heavy (non-hydrogen) atoms.